The van der Waals surface area contributed by atoms with Crippen LogP contribution in [0.3, 0.4) is 0 Å². The minimum atomic E-state index is -0.445. The number of halogens is 1. The maximum Gasteiger partial charge on any atom is 0.249 e. The van der Waals surface area contributed by atoms with Gasteiger partial charge in [-0.05, 0) is 35.7 Å². The minimum absolute atomic E-state index is 0.445. The quantitative estimate of drug-likeness (QED) is 0.588. The number of nitrogens with two attached hydrogens (primary N) is 1. The molecule has 113 valence electrons. The number of amides is 1. The van der Waals surface area contributed by atoms with Crippen LogP contribution in [-0.2, 0) is 6.54 Å². The van der Waals surface area contributed by atoms with Crippen LogP contribution in [0.2, 0.25) is 5.02 Å². The zero-order valence-corrected chi connectivity index (χ0v) is 13.6. The summed E-state index contributed by atoms with van der Waals surface area (Å²) >= 11 is 8.14. The Balaban J connectivity index is 2.14. The number of thiophene rings is 1. The highest BCUT2D eigenvalue weighted by Crippen LogP contribution is 2.35. The molecule has 0 spiro atoms. The first-order valence-electron chi connectivity index (χ1n) is 7.10. The van der Waals surface area contributed by atoms with Crippen molar-refractivity contribution >= 4 is 50.7 Å². The van der Waals surface area contributed by atoms with E-state index in [2.05, 4.69) is 16.7 Å². The van der Waals surface area contributed by atoms with E-state index in [1.165, 1.54) is 4.88 Å². The largest absolute Gasteiger partial charge is 0.366 e. The average Bonchev–Trinajstić information content (AvgIpc) is 3.15. The molecule has 0 aliphatic heterocycles. The Morgan fingerprint density at radius 1 is 1.26 bits per heavy atom. The lowest BCUT2D eigenvalue weighted by Gasteiger charge is -2.07. The van der Waals surface area contributed by atoms with Gasteiger partial charge in [0.15, 0.2) is 0 Å². The maximum absolute atomic E-state index is 11.8. The topological polar surface area (TPSA) is 48.0 Å². The van der Waals surface area contributed by atoms with Gasteiger partial charge in [0.25, 0.3) is 0 Å². The van der Waals surface area contributed by atoms with Crippen LogP contribution in [0.25, 0.3) is 21.8 Å². The standard InChI is InChI=1S/C18H12ClN2OS/c19-14-7-1-5-12-16-13(18(20)22)6-2-8-15(16)21(17(12)14)10-11-4-3-9-23-11/h1-4,6-9H,10H2,(H2,20,22). The monoisotopic (exact) mass is 339 g/mol. The lowest BCUT2D eigenvalue weighted by atomic mass is 10.1. The second-order valence-electron chi connectivity index (χ2n) is 5.28. The zero-order chi connectivity index (χ0) is 16.0. The van der Waals surface area contributed by atoms with Crippen molar-refractivity contribution in [3.63, 3.8) is 0 Å². The van der Waals surface area contributed by atoms with E-state index < -0.39 is 5.91 Å². The molecule has 0 unspecified atom stereocenters. The maximum atomic E-state index is 11.8. The number of fused-ring (bicyclic) bond motifs is 3. The molecule has 0 saturated carbocycles. The van der Waals surface area contributed by atoms with Crippen molar-refractivity contribution in [3.05, 3.63) is 69.4 Å². The first-order valence-corrected chi connectivity index (χ1v) is 8.36. The van der Waals surface area contributed by atoms with Gasteiger partial charge in [0, 0.05) is 21.2 Å². The van der Waals surface area contributed by atoms with Crippen molar-refractivity contribution in [3.8, 4) is 0 Å². The van der Waals surface area contributed by atoms with E-state index in [-0.39, 0.29) is 0 Å². The molecule has 2 aromatic carbocycles. The fraction of sp³-hybridized carbons (Fsp3) is 0.0556. The average molecular weight is 340 g/mol. The van der Waals surface area contributed by atoms with E-state index in [1.807, 2.05) is 29.6 Å². The van der Waals surface area contributed by atoms with Crippen LogP contribution in [0, 0.1) is 6.07 Å². The summed E-state index contributed by atoms with van der Waals surface area (Å²) in [7, 11) is 0. The Hall–Kier alpha value is -2.30. The second-order valence-corrected chi connectivity index (χ2v) is 6.72. The number of aromatic nitrogens is 1. The predicted octanol–water partition coefficient (Wildman–Crippen LogP) is 4.46. The molecule has 2 N–H and O–H groups in total. The van der Waals surface area contributed by atoms with Gasteiger partial charge >= 0.3 is 0 Å². The molecular weight excluding hydrogens is 328 g/mol. The number of benzene rings is 2. The van der Waals surface area contributed by atoms with E-state index >= 15 is 0 Å². The Morgan fingerprint density at radius 3 is 2.87 bits per heavy atom. The highest BCUT2D eigenvalue weighted by atomic mass is 35.5. The lowest BCUT2D eigenvalue weighted by Crippen LogP contribution is -2.11. The van der Waals surface area contributed by atoms with Crippen molar-refractivity contribution in [2.75, 3.05) is 0 Å². The first kappa shape index (κ1) is 14.3. The van der Waals surface area contributed by atoms with Crippen molar-refractivity contribution < 1.29 is 4.79 Å². The molecule has 3 nitrogen and oxygen atoms in total. The van der Waals surface area contributed by atoms with Gasteiger partial charge in [0.05, 0.1) is 22.6 Å². The zero-order valence-electron chi connectivity index (χ0n) is 12.0. The van der Waals surface area contributed by atoms with Gasteiger partial charge in [0.2, 0.25) is 5.91 Å². The van der Waals surface area contributed by atoms with Gasteiger partial charge in [-0.3, -0.25) is 4.79 Å². The Morgan fingerprint density at radius 2 is 2.13 bits per heavy atom. The van der Waals surface area contributed by atoms with Crippen LogP contribution < -0.4 is 5.73 Å². The van der Waals surface area contributed by atoms with Crippen LogP contribution in [0.4, 0.5) is 0 Å². The van der Waals surface area contributed by atoms with Crippen molar-refractivity contribution in [1.29, 1.82) is 0 Å². The van der Waals surface area contributed by atoms with Crippen molar-refractivity contribution in [2.45, 2.75) is 6.54 Å². The number of carbonyl (C=O) groups excluding carboxylic acids is 1. The summed E-state index contributed by atoms with van der Waals surface area (Å²) in [5, 5.41) is 4.33. The van der Waals surface area contributed by atoms with Gasteiger partial charge in [-0.15, -0.1) is 11.3 Å². The highest BCUT2D eigenvalue weighted by Gasteiger charge is 2.18. The molecule has 2 aromatic heterocycles. The van der Waals surface area contributed by atoms with E-state index in [9.17, 15) is 4.79 Å². The molecule has 23 heavy (non-hydrogen) atoms. The van der Waals surface area contributed by atoms with Crippen LogP contribution in [0.1, 0.15) is 15.2 Å². The molecule has 0 aliphatic carbocycles. The molecule has 1 radical (unpaired) electrons. The highest BCUT2D eigenvalue weighted by molar-refractivity contribution is 7.09. The fourth-order valence-electron chi connectivity index (χ4n) is 3.00. The summed E-state index contributed by atoms with van der Waals surface area (Å²) in [6.07, 6.45) is 0. The number of hydrogen-bond donors (Lipinski definition) is 1. The van der Waals surface area contributed by atoms with Gasteiger partial charge in [-0.25, -0.2) is 0 Å². The fourth-order valence-corrected chi connectivity index (χ4v) is 3.95. The lowest BCUT2D eigenvalue weighted by molar-refractivity contribution is 0.100. The summed E-state index contributed by atoms with van der Waals surface area (Å²) in [5.41, 5.74) is 7.88. The third kappa shape index (κ3) is 2.22. The third-order valence-corrected chi connectivity index (χ3v) is 5.10. The second kappa shape index (κ2) is 5.41. The number of nitrogens with zero attached hydrogens (tertiary/aromatic N) is 1. The molecule has 0 fully saturated rings. The van der Waals surface area contributed by atoms with Gasteiger partial charge < -0.3 is 10.3 Å². The van der Waals surface area contributed by atoms with E-state index in [4.69, 9.17) is 17.3 Å². The third-order valence-electron chi connectivity index (χ3n) is 3.93. The normalized spacial score (nSPS) is 11.3. The molecule has 5 heteroatoms. The Bertz CT molecular complexity index is 1030. The van der Waals surface area contributed by atoms with Crippen LogP contribution >= 0.6 is 22.9 Å². The van der Waals surface area contributed by atoms with Gasteiger partial charge in [0.1, 0.15) is 0 Å². The molecule has 4 aromatic rings. The van der Waals surface area contributed by atoms with E-state index in [0.29, 0.717) is 17.1 Å². The molecular formula is C18H12ClN2OS. The number of hydrogen-bond acceptors (Lipinski definition) is 2. The molecule has 0 saturated heterocycles. The Labute approximate surface area is 141 Å². The number of carbonyl (C=O) groups is 1. The van der Waals surface area contributed by atoms with Gasteiger partial charge in [-0.1, -0.05) is 29.8 Å². The number of rotatable bonds is 3. The Kier molecular flexibility index (Phi) is 3.36. The van der Waals surface area contributed by atoms with Crippen LogP contribution in [-0.4, -0.2) is 10.5 Å². The molecule has 0 bridgehead atoms. The van der Waals surface area contributed by atoms with Crippen LogP contribution in [0.5, 0.6) is 0 Å². The molecule has 0 aliphatic rings. The molecule has 0 atom stereocenters. The predicted molar refractivity (Wildman–Crippen MR) is 95.2 cm³/mol. The summed E-state index contributed by atoms with van der Waals surface area (Å²) in [4.78, 5) is 13.1. The first-order chi connectivity index (χ1) is 11.2. The summed E-state index contributed by atoms with van der Waals surface area (Å²) < 4.78 is 2.13. The SMILES string of the molecule is NC(=O)c1cccc2c1c1[c]ccc(Cl)c1n2Cc1cccs1. The summed E-state index contributed by atoms with van der Waals surface area (Å²) in [5.74, 6) is -0.445. The van der Waals surface area contributed by atoms with Crippen molar-refractivity contribution in [1.82, 2.24) is 4.57 Å². The summed E-state index contributed by atoms with van der Waals surface area (Å²) in [6, 6.07) is 16.5. The van der Waals surface area contributed by atoms with Crippen molar-refractivity contribution in [2.24, 2.45) is 5.73 Å². The van der Waals surface area contributed by atoms with Gasteiger partial charge in [-0.2, -0.15) is 0 Å². The van der Waals surface area contributed by atoms with Crippen LogP contribution in [0.15, 0.2) is 47.8 Å². The van der Waals surface area contributed by atoms with E-state index in [1.54, 1.807) is 23.5 Å². The molecule has 1 amide bonds. The molecule has 2 heterocycles. The van der Waals surface area contributed by atoms with E-state index in [0.717, 1.165) is 21.8 Å². The summed E-state index contributed by atoms with van der Waals surface area (Å²) in [6.45, 7) is 0.692. The molecule has 4 rings (SSSR count). The minimum Gasteiger partial charge on any atom is -0.366 e. The number of primary amides is 1. The smallest absolute Gasteiger partial charge is 0.249 e.